The normalized spacial score (nSPS) is 17.9. The van der Waals surface area contributed by atoms with E-state index < -0.39 is 10.0 Å². The van der Waals surface area contributed by atoms with E-state index in [0.717, 1.165) is 22.4 Å². The standard InChI is InChI=1S/C20H26N8O2S/c1-4-31(29,30)26-20(25-16-6-5-7-21-11-16)28-9-8-27(12-15(28)3)19-17-14(2)10-22-18(17)23-13-24-19/h5-7,10-11,13,15H,4,8-9,12H2,1-3H3,(H,25,26)(H,22,23,24)/t15-/m0/s1. The molecule has 0 bridgehead atoms. The van der Waals surface area contributed by atoms with Crippen LogP contribution in [0.25, 0.3) is 11.0 Å². The van der Waals surface area contributed by atoms with Crippen molar-refractivity contribution in [2.24, 2.45) is 4.40 Å². The summed E-state index contributed by atoms with van der Waals surface area (Å²) >= 11 is 0. The first-order valence-electron chi connectivity index (χ1n) is 10.2. The van der Waals surface area contributed by atoms with Crippen molar-refractivity contribution in [1.29, 1.82) is 0 Å². The zero-order chi connectivity index (χ0) is 22.0. The highest BCUT2D eigenvalue weighted by atomic mass is 32.2. The molecule has 4 rings (SSSR count). The van der Waals surface area contributed by atoms with E-state index in [4.69, 9.17) is 0 Å². The molecule has 1 saturated heterocycles. The third kappa shape index (κ3) is 4.46. The maximum atomic E-state index is 12.3. The van der Waals surface area contributed by atoms with Crippen LogP contribution in [0.5, 0.6) is 0 Å². The number of aromatic amines is 1. The lowest BCUT2D eigenvalue weighted by atomic mass is 10.1. The van der Waals surface area contributed by atoms with Gasteiger partial charge in [0.25, 0.3) is 10.0 Å². The summed E-state index contributed by atoms with van der Waals surface area (Å²) in [5.74, 6) is 1.13. The minimum Gasteiger partial charge on any atom is -0.352 e. The summed E-state index contributed by atoms with van der Waals surface area (Å²) in [5, 5.41) is 4.16. The molecule has 31 heavy (non-hydrogen) atoms. The van der Waals surface area contributed by atoms with E-state index in [2.05, 4.69) is 34.6 Å². The molecule has 0 aliphatic carbocycles. The van der Waals surface area contributed by atoms with E-state index in [1.807, 2.05) is 31.0 Å². The van der Waals surface area contributed by atoms with Crippen LogP contribution in [0.2, 0.25) is 0 Å². The molecule has 0 spiro atoms. The number of hydrogen-bond acceptors (Lipinski definition) is 6. The Bertz CT molecular complexity index is 1190. The molecule has 2 N–H and O–H groups in total. The predicted octanol–water partition coefficient (Wildman–Crippen LogP) is 1.99. The van der Waals surface area contributed by atoms with Gasteiger partial charge in [0.15, 0.2) is 0 Å². The fourth-order valence-electron chi connectivity index (χ4n) is 3.71. The number of aromatic nitrogens is 4. The van der Waals surface area contributed by atoms with Crippen LogP contribution in [0, 0.1) is 6.92 Å². The highest BCUT2D eigenvalue weighted by Gasteiger charge is 2.29. The summed E-state index contributed by atoms with van der Waals surface area (Å²) in [6.45, 7) is 7.58. The molecule has 0 aromatic carbocycles. The van der Waals surface area contributed by atoms with Crippen molar-refractivity contribution in [2.75, 3.05) is 35.6 Å². The number of hydrogen-bond donors (Lipinski definition) is 2. The minimum absolute atomic E-state index is 0.00649. The molecule has 0 amide bonds. The van der Waals surface area contributed by atoms with Crippen molar-refractivity contribution in [3.05, 3.63) is 42.6 Å². The first-order chi connectivity index (χ1) is 14.9. The van der Waals surface area contributed by atoms with Gasteiger partial charge < -0.3 is 20.1 Å². The molecule has 164 valence electrons. The van der Waals surface area contributed by atoms with Crippen LogP contribution in [-0.4, -0.2) is 70.6 Å². The maximum Gasteiger partial charge on any atom is 0.256 e. The quantitative estimate of drug-likeness (QED) is 0.465. The Morgan fingerprint density at radius 2 is 2.19 bits per heavy atom. The van der Waals surface area contributed by atoms with Crippen LogP contribution in [0.3, 0.4) is 0 Å². The number of nitrogens with one attached hydrogen (secondary N) is 2. The number of aryl methyl sites for hydroxylation is 1. The Morgan fingerprint density at radius 3 is 2.90 bits per heavy atom. The first kappa shape index (κ1) is 21.0. The molecule has 0 unspecified atom stereocenters. The lowest BCUT2D eigenvalue weighted by Crippen LogP contribution is -2.56. The zero-order valence-electron chi connectivity index (χ0n) is 17.8. The van der Waals surface area contributed by atoms with Gasteiger partial charge in [-0.1, -0.05) is 0 Å². The van der Waals surface area contributed by atoms with Gasteiger partial charge in [-0.3, -0.25) is 4.98 Å². The number of H-pyrrole nitrogens is 1. The molecule has 1 atom stereocenters. The van der Waals surface area contributed by atoms with Gasteiger partial charge in [-0.05, 0) is 38.5 Å². The van der Waals surface area contributed by atoms with Gasteiger partial charge in [-0.2, -0.15) is 0 Å². The molecule has 1 fully saturated rings. The van der Waals surface area contributed by atoms with Crippen LogP contribution < -0.4 is 10.2 Å². The van der Waals surface area contributed by atoms with Crippen LogP contribution in [0.1, 0.15) is 19.4 Å². The monoisotopic (exact) mass is 442 g/mol. The topological polar surface area (TPSA) is 119 Å². The number of piperazine rings is 1. The van der Waals surface area contributed by atoms with E-state index >= 15 is 0 Å². The Balaban J connectivity index is 1.61. The Hall–Kier alpha value is -3.21. The molecule has 0 radical (unpaired) electrons. The highest BCUT2D eigenvalue weighted by molar-refractivity contribution is 7.90. The van der Waals surface area contributed by atoms with Crippen LogP contribution in [-0.2, 0) is 10.0 Å². The second-order valence-corrected chi connectivity index (χ2v) is 9.46. The number of fused-ring (bicyclic) bond motifs is 1. The fraction of sp³-hybridized carbons (Fsp3) is 0.400. The summed E-state index contributed by atoms with van der Waals surface area (Å²) in [4.78, 5) is 20.3. The molecular weight excluding hydrogens is 416 g/mol. The van der Waals surface area contributed by atoms with E-state index in [1.165, 1.54) is 0 Å². The minimum atomic E-state index is -3.58. The van der Waals surface area contributed by atoms with Gasteiger partial charge in [0.1, 0.15) is 17.8 Å². The molecule has 0 saturated carbocycles. The third-order valence-corrected chi connectivity index (χ3v) is 6.53. The highest BCUT2D eigenvalue weighted by Crippen LogP contribution is 2.27. The average Bonchev–Trinajstić information content (AvgIpc) is 3.15. The molecule has 3 aromatic rings. The number of pyridine rings is 1. The van der Waals surface area contributed by atoms with Gasteiger partial charge in [0.05, 0.1) is 23.0 Å². The average molecular weight is 443 g/mol. The summed E-state index contributed by atoms with van der Waals surface area (Å²) < 4.78 is 28.7. The second-order valence-electron chi connectivity index (χ2n) is 7.53. The van der Waals surface area contributed by atoms with Crippen LogP contribution in [0.15, 0.2) is 41.4 Å². The Kier molecular flexibility index (Phi) is 5.77. The molecule has 10 nitrogen and oxygen atoms in total. The van der Waals surface area contributed by atoms with Gasteiger partial charge in [0, 0.05) is 38.1 Å². The van der Waals surface area contributed by atoms with Crippen molar-refractivity contribution < 1.29 is 8.42 Å². The third-order valence-electron chi connectivity index (χ3n) is 5.35. The Labute approximate surface area is 181 Å². The fourth-order valence-corrected chi connectivity index (χ4v) is 4.25. The number of sulfonamides is 1. The number of anilines is 2. The van der Waals surface area contributed by atoms with Crippen molar-refractivity contribution in [3.63, 3.8) is 0 Å². The summed E-state index contributed by atoms with van der Waals surface area (Å²) in [6, 6.07) is 3.61. The second kappa shape index (κ2) is 8.50. The maximum absolute atomic E-state index is 12.3. The number of guanidine groups is 1. The number of nitrogens with zero attached hydrogens (tertiary/aromatic N) is 6. The molecule has 3 aromatic heterocycles. The van der Waals surface area contributed by atoms with E-state index in [0.29, 0.717) is 31.3 Å². The van der Waals surface area contributed by atoms with E-state index in [-0.39, 0.29) is 11.8 Å². The molecule has 4 heterocycles. The van der Waals surface area contributed by atoms with Crippen molar-refractivity contribution >= 4 is 38.5 Å². The zero-order valence-corrected chi connectivity index (χ0v) is 18.6. The van der Waals surface area contributed by atoms with Crippen LogP contribution in [0.4, 0.5) is 11.5 Å². The van der Waals surface area contributed by atoms with Gasteiger partial charge >= 0.3 is 0 Å². The van der Waals surface area contributed by atoms with E-state index in [9.17, 15) is 8.42 Å². The predicted molar refractivity (Wildman–Crippen MR) is 122 cm³/mol. The van der Waals surface area contributed by atoms with Crippen molar-refractivity contribution in [2.45, 2.75) is 26.8 Å². The Morgan fingerprint density at radius 1 is 1.35 bits per heavy atom. The summed E-state index contributed by atoms with van der Waals surface area (Å²) in [5.41, 5.74) is 2.59. The summed E-state index contributed by atoms with van der Waals surface area (Å²) in [7, 11) is -3.58. The first-order valence-corrected chi connectivity index (χ1v) is 11.8. The lowest BCUT2D eigenvalue weighted by molar-refractivity contribution is 0.297. The van der Waals surface area contributed by atoms with Gasteiger partial charge in [0.2, 0.25) is 5.96 Å². The van der Waals surface area contributed by atoms with Crippen LogP contribution >= 0.6 is 0 Å². The SMILES string of the molecule is CCS(=O)(=O)N=C(Nc1cccnc1)N1CCN(c2ncnc3[nH]cc(C)c23)C[C@@H]1C. The molecule has 1 aliphatic rings. The summed E-state index contributed by atoms with van der Waals surface area (Å²) in [6.07, 6.45) is 6.80. The largest absolute Gasteiger partial charge is 0.352 e. The lowest BCUT2D eigenvalue weighted by Gasteiger charge is -2.42. The number of rotatable bonds is 4. The van der Waals surface area contributed by atoms with Gasteiger partial charge in [-0.25, -0.2) is 18.4 Å². The van der Waals surface area contributed by atoms with Crippen molar-refractivity contribution in [3.8, 4) is 0 Å². The van der Waals surface area contributed by atoms with Crippen molar-refractivity contribution in [1.82, 2.24) is 24.8 Å². The molecule has 11 heteroatoms. The molecular formula is C20H26N8O2S. The van der Waals surface area contributed by atoms with E-state index in [1.54, 1.807) is 31.7 Å². The van der Waals surface area contributed by atoms with Gasteiger partial charge in [-0.15, -0.1) is 4.40 Å². The molecule has 1 aliphatic heterocycles. The smallest absolute Gasteiger partial charge is 0.256 e.